The Balaban J connectivity index is 1.84. The van der Waals surface area contributed by atoms with Crippen LogP contribution >= 0.6 is 0 Å². The van der Waals surface area contributed by atoms with Crippen molar-refractivity contribution in [2.24, 2.45) is 4.99 Å². The van der Waals surface area contributed by atoms with E-state index in [0.29, 0.717) is 23.5 Å². The predicted octanol–water partition coefficient (Wildman–Crippen LogP) is 3.16. The molecule has 0 aliphatic heterocycles. The fourth-order valence-electron chi connectivity index (χ4n) is 3.25. The van der Waals surface area contributed by atoms with Crippen LogP contribution in [0, 0.1) is 10.1 Å². The number of H-pyrrole nitrogens is 1. The first kappa shape index (κ1) is 26.6. The maximum atomic E-state index is 13.1. The normalized spacial score (nSPS) is 13.4. The van der Waals surface area contributed by atoms with Crippen molar-refractivity contribution in [1.82, 2.24) is 15.3 Å². The van der Waals surface area contributed by atoms with Crippen molar-refractivity contribution >= 4 is 28.7 Å². The average Bonchev–Trinajstić information content (AvgIpc) is 3.20. The van der Waals surface area contributed by atoms with Crippen molar-refractivity contribution in [1.29, 1.82) is 0 Å². The Morgan fingerprint density at radius 3 is 2.50 bits per heavy atom. The molecule has 3 aromatic rings. The standard InChI is InChI=1S/C25H31N5O6/c1-24(2,3)36-23(32)29-25(4,5)22(31)28-20(15-35-14-16-9-7-6-8-10-16)21-26-18-12-11-17(30(33)34)13-19(18)27-21/h6-13,20H,14-15H2,1-5H3,(H,26,27)(H,28,31)(H,29,32)/p-1/t20-/m1/s1. The number of aromatic amines is 1. The molecule has 11 heteroatoms. The minimum atomic E-state index is -1.44. The lowest BCUT2D eigenvalue weighted by molar-refractivity contribution is -0.384. The second-order valence-electron chi connectivity index (χ2n) is 9.76. The van der Waals surface area contributed by atoms with Crippen LogP contribution in [0.4, 0.5) is 5.69 Å². The van der Waals surface area contributed by atoms with Gasteiger partial charge in [-0.05, 0) is 25.5 Å². The Hall–Kier alpha value is -3.99. The number of aliphatic imine (C=N–C) groups is 1. The van der Waals surface area contributed by atoms with Crippen molar-refractivity contribution in [3.63, 3.8) is 0 Å². The van der Waals surface area contributed by atoms with Crippen LogP contribution in [-0.4, -0.2) is 44.6 Å². The minimum Gasteiger partial charge on any atom is -0.595 e. The number of nitro benzene ring substituents is 1. The summed E-state index contributed by atoms with van der Waals surface area (Å²) in [6.07, 6.45) is -0.851. The maximum absolute atomic E-state index is 13.1. The lowest BCUT2D eigenvalue weighted by Gasteiger charge is -2.32. The van der Waals surface area contributed by atoms with Crippen molar-refractivity contribution in [2.45, 2.75) is 58.4 Å². The van der Waals surface area contributed by atoms with Crippen LogP contribution in [0.25, 0.3) is 11.0 Å². The van der Waals surface area contributed by atoms with Crippen LogP contribution in [0.5, 0.6) is 0 Å². The number of carbonyl (C=O) groups is 1. The number of nitro groups is 1. The number of non-ortho nitro benzene ring substituents is 1. The summed E-state index contributed by atoms with van der Waals surface area (Å²) in [7, 11) is 0. The van der Waals surface area contributed by atoms with E-state index in [1.807, 2.05) is 30.3 Å². The van der Waals surface area contributed by atoms with Crippen molar-refractivity contribution in [3.8, 4) is 0 Å². The average molecular weight is 497 g/mol. The molecule has 0 unspecified atom stereocenters. The summed E-state index contributed by atoms with van der Waals surface area (Å²) in [6.45, 7) is 8.46. The first-order valence-electron chi connectivity index (χ1n) is 11.4. The highest BCUT2D eigenvalue weighted by molar-refractivity contribution is 5.88. The number of aromatic nitrogens is 2. The van der Waals surface area contributed by atoms with Crippen molar-refractivity contribution in [3.05, 3.63) is 70.0 Å². The summed E-state index contributed by atoms with van der Waals surface area (Å²) in [5.74, 6) is -0.201. The summed E-state index contributed by atoms with van der Waals surface area (Å²) in [5, 5.41) is 26.2. The number of rotatable bonds is 9. The number of imidazole rings is 1. The van der Waals surface area contributed by atoms with Crippen LogP contribution in [0.1, 0.15) is 52.0 Å². The Bertz CT molecular complexity index is 1250. The van der Waals surface area contributed by atoms with Crippen LogP contribution < -0.4 is 10.4 Å². The molecule has 0 spiro atoms. The third kappa shape index (κ3) is 7.25. The van der Waals surface area contributed by atoms with E-state index in [9.17, 15) is 20.0 Å². The Morgan fingerprint density at radius 2 is 1.86 bits per heavy atom. The number of amides is 1. The van der Waals surface area contributed by atoms with Gasteiger partial charge in [-0.3, -0.25) is 19.9 Å². The molecule has 1 heterocycles. The molecule has 2 aromatic carbocycles. The van der Waals surface area contributed by atoms with E-state index in [0.717, 1.165) is 5.56 Å². The lowest BCUT2D eigenvalue weighted by Crippen LogP contribution is -2.46. The summed E-state index contributed by atoms with van der Waals surface area (Å²) >= 11 is 0. The van der Waals surface area contributed by atoms with Crippen LogP contribution in [0.2, 0.25) is 0 Å². The first-order chi connectivity index (χ1) is 16.8. The summed E-state index contributed by atoms with van der Waals surface area (Å²) in [6, 6.07) is 13.0. The van der Waals surface area contributed by atoms with Gasteiger partial charge >= 0.3 is 0 Å². The number of carbonyl (C=O) groups excluding carboxylic acids is 1. The van der Waals surface area contributed by atoms with Gasteiger partial charge in [-0.25, -0.2) is 4.98 Å². The molecule has 1 aromatic heterocycles. The number of hydrogen-bond acceptors (Lipinski definition) is 8. The van der Waals surface area contributed by atoms with Gasteiger partial charge in [-0.2, -0.15) is 0 Å². The second-order valence-corrected chi connectivity index (χ2v) is 9.76. The van der Waals surface area contributed by atoms with Gasteiger partial charge in [0.25, 0.3) is 5.69 Å². The van der Waals surface area contributed by atoms with Crippen LogP contribution in [0.15, 0.2) is 53.5 Å². The number of fused-ring (bicyclic) bond motifs is 1. The Labute approximate surface area is 208 Å². The van der Waals surface area contributed by atoms with Crippen LogP contribution in [0.3, 0.4) is 0 Å². The molecule has 11 nitrogen and oxygen atoms in total. The van der Waals surface area contributed by atoms with E-state index in [2.05, 4.69) is 20.3 Å². The summed E-state index contributed by atoms with van der Waals surface area (Å²) in [4.78, 5) is 35.2. The van der Waals surface area contributed by atoms with Gasteiger partial charge in [0.15, 0.2) is 0 Å². The molecule has 0 saturated carbocycles. The van der Waals surface area contributed by atoms with Gasteiger partial charge in [-0.1, -0.05) is 51.1 Å². The fourth-order valence-corrected chi connectivity index (χ4v) is 3.25. The quantitative estimate of drug-likeness (QED) is 0.199. The molecule has 3 rings (SSSR count). The van der Waals surface area contributed by atoms with E-state index in [4.69, 9.17) is 9.47 Å². The highest BCUT2D eigenvalue weighted by Crippen LogP contribution is 2.23. The molecule has 36 heavy (non-hydrogen) atoms. The smallest absolute Gasteiger partial charge is 0.271 e. The molecule has 0 aliphatic rings. The lowest BCUT2D eigenvalue weighted by atomic mass is 10.1. The SMILES string of the molecule is CC(C)(C)OC([O-])=NC(C)(C)C(=O)N[C@H](COCc1ccccc1)c1nc2ccc([N+](=O)[O-])cc2[nH]1. The molecular weight excluding hydrogens is 466 g/mol. The van der Waals surface area contributed by atoms with E-state index < -0.39 is 34.1 Å². The Morgan fingerprint density at radius 1 is 1.17 bits per heavy atom. The number of ether oxygens (including phenoxy) is 2. The first-order valence-corrected chi connectivity index (χ1v) is 11.4. The Kier molecular flexibility index (Phi) is 7.93. The van der Waals surface area contributed by atoms with Crippen LogP contribution in [-0.2, 0) is 20.9 Å². The van der Waals surface area contributed by atoms with Gasteiger partial charge in [-0.15, -0.1) is 0 Å². The van der Waals surface area contributed by atoms with Gasteiger partial charge in [0.1, 0.15) is 23.5 Å². The zero-order valence-electron chi connectivity index (χ0n) is 20.9. The molecule has 0 bridgehead atoms. The maximum Gasteiger partial charge on any atom is 0.271 e. The molecule has 2 N–H and O–H groups in total. The van der Waals surface area contributed by atoms with Gasteiger partial charge in [0.05, 0.1) is 29.2 Å². The fraction of sp³-hybridized carbons (Fsp3) is 0.400. The zero-order chi connectivity index (χ0) is 26.5. The molecular formula is C25H30N5O6-. The number of nitrogens with zero attached hydrogens (tertiary/aromatic N) is 3. The van der Waals surface area contributed by atoms with E-state index in [1.165, 1.54) is 32.0 Å². The van der Waals surface area contributed by atoms with E-state index >= 15 is 0 Å². The van der Waals surface area contributed by atoms with Crippen molar-refractivity contribution < 1.29 is 24.3 Å². The highest BCUT2D eigenvalue weighted by Gasteiger charge is 2.31. The summed E-state index contributed by atoms with van der Waals surface area (Å²) < 4.78 is 11.1. The minimum absolute atomic E-state index is 0.0467. The second kappa shape index (κ2) is 10.7. The number of benzene rings is 2. The molecule has 192 valence electrons. The molecule has 1 amide bonds. The van der Waals surface area contributed by atoms with E-state index in [-0.39, 0.29) is 12.3 Å². The molecule has 0 aliphatic carbocycles. The molecule has 0 saturated heterocycles. The topological polar surface area (TPSA) is 155 Å². The van der Waals surface area contributed by atoms with Gasteiger partial charge in [0, 0.05) is 17.7 Å². The molecule has 1 atom stereocenters. The van der Waals surface area contributed by atoms with Crippen molar-refractivity contribution in [2.75, 3.05) is 6.61 Å². The highest BCUT2D eigenvalue weighted by atomic mass is 16.6. The monoisotopic (exact) mass is 496 g/mol. The third-order valence-corrected chi connectivity index (χ3v) is 5.05. The predicted molar refractivity (Wildman–Crippen MR) is 132 cm³/mol. The number of nitrogens with one attached hydrogen (secondary N) is 2. The zero-order valence-corrected chi connectivity index (χ0v) is 20.9. The molecule has 0 radical (unpaired) electrons. The largest absolute Gasteiger partial charge is 0.595 e. The molecule has 0 fully saturated rings. The van der Waals surface area contributed by atoms with E-state index in [1.54, 1.807) is 20.8 Å². The number of hydrogen-bond donors (Lipinski definition) is 2. The van der Waals surface area contributed by atoms with Gasteiger partial charge < -0.3 is 24.9 Å². The third-order valence-electron chi connectivity index (χ3n) is 5.05. The van der Waals surface area contributed by atoms with Gasteiger partial charge in [0.2, 0.25) is 5.91 Å². The summed E-state index contributed by atoms with van der Waals surface area (Å²) in [5.41, 5.74) is -0.392.